The molecule has 0 amide bonds. The van der Waals surface area contributed by atoms with Crippen molar-refractivity contribution in [2.75, 3.05) is 13.1 Å². The van der Waals surface area contributed by atoms with E-state index < -0.39 is 0 Å². The summed E-state index contributed by atoms with van der Waals surface area (Å²) < 4.78 is 0. The van der Waals surface area contributed by atoms with E-state index in [2.05, 4.69) is 30.0 Å². The van der Waals surface area contributed by atoms with Crippen LogP contribution < -0.4 is 5.73 Å². The molecule has 1 aromatic rings. The molecule has 3 heteroatoms. The van der Waals surface area contributed by atoms with E-state index in [4.69, 9.17) is 11.0 Å². The third-order valence-corrected chi connectivity index (χ3v) is 4.52. The van der Waals surface area contributed by atoms with Gasteiger partial charge in [0.1, 0.15) is 0 Å². The number of rotatable bonds is 5. The van der Waals surface area contributed by atoms with Gasteiger partial charge < -0.3 is 5.73 Å². The van der Waals surface area contributed by atoms with Crippen molar-refractivity contribution in [3.8, 4) is 6.07 Å². The van der Waals surface area contributed by atoms with E-state index in [1.54, 1.807) is 0 Å². The maximum Gasteiger partial charge on any atom is 0.0991 e. The van der Waals surface area contributed by atoms with Crippen LogP contribution in [0.3, 0.4) is 0 Å². The fourth-order valence-corrected chi connectivity index (χ4v) is 3.33. The summed E-state index contributed by atoms with van der Waals surface area (Å²) in [5, 5.41) is 8.85. The van der Waals surface area contributed by atoms with E-state index in [1.807, 2.05) is 12.1 Å². The van der Waals surface area contributed by atoms with E-state index in [1.165, 1.54) is 31.2 Å². The third-order valence-electron chi connectivity index (χ3n) is 4.52. The summed E-state index contributed by atoms with van der Waals surface area (Å²) in [6, 6.07) is 10.7. The number of hydrogen-bond donors (Lipinski definition) is 1. The first-order chi connectivity index (χ1) is 9.78. The van der Waals surface area contributed by atoms with Crippen molar-refractivity contribution in [3.05, 3.63) is 35.4 Å². The second-order valence-corrected chi connectivity index (χ2v) is 5.72. The minimum Gasteiger partial charge on any atom is -0.330 e. The normalized spacial score (nSPS) is 22.7. The molecule has 1 aliphatic rings. The lowest BCUT2D eigenvalue weighted by Crippen LogP contribution is -2.44. The van der Waals surface area contributed by atoms with E-state index in [0.29, 0.717) is 12.0 Å². The van der Waals surface area contributed by atoms with Crippen molar-refractivity contribution in [2.45, 2.75) is 45.2 Å². The fourth-order valence-electron chi connectivity index (χ4n) is 3.33. The number of hydrogen-bond acceptors (Lipinski definition) is 3. The van der Waals surface area contributed by atoms with Gasteiger partial charge in [-0.1, -0.05) is 31.9 Å². The molecule has 2 atom stereocenters. The molecule has 0 aromatic heterocycles. The molecular formula is C17H25N3. The molecule has 1 saturated carbocycles. The highest BCUT2D eigenvalue weighted by molar-refractivity contribution is 5.31. The molecule has 0 aliphatic heterocycles. The SMILES string of the molecule is CCN(Cc1ccc(C#N)cc1)C1CCCCC1CN. The summed E-state index contributed by atoms with van der Waals surface area (Å²) in [6.45, 7) is 5.05. The van der Waals surface area contributed by atoms with Crippen LogP contribution in [-0.2, 0) is 6.54 Å². The molecule has 2 unspecified atom stereocenters. The number of nitriles is 1. The lowest BCUT2D eigenvalue weighted by Gasteiger charge is -2.39. The quantitative estimate of drug-likeness (QED) is 0.896. The molecule has 2 N–H and O–H groups in total. The average Bonchev–Trinajstić information content (AvgIpc) is 2.53. The van der Waals surface area contributed by atoms with Crippen LogP contribution in [0, 0.1) is 17.2 Å². The van der Waals surface area contributed by atoms with Crippen LogP contribution in [0.4, 0.5) is 0 Å². The van der Waals surface area contributed by atoms with Crippen LogP contribution in [0.1, 0.15) is 43.7 Å². The predicted molar refractivity (Wildman–Crippen MR) is 82.0 cm³/mol. The van der Waals surface area contributed by atoms with Crippen LogP contribution in [0.25, 0.3) is 0 Å². The Morgan fingerprint density at radius 3 is 2.55 bits per heavy atom. The maximum absolute atomic E-state index is 8.85. The van der Waals surface area contributed by atoms with Crippen LogP contribution in [0.15, 0.2) is 24.3 Å². The van der Waals surface area contributed by atoms with Gasteiger partial charge in [-0.3, -0.25) is 4.90 Å². The maximum atomic E-state index is 8.85. The topological polar surface area (TPSA) is 53.0 Å². The molecule has 0 saturated heterocycles. The van der Waals surface area contributed by atoms with Gasteiger partial charge in [0.25, 0.3) is 0 Å². The molecule has 0 bridgehead atoms. The van der Waals surface area contributed by atoms with Crippen molar-refractivity contribution in [1.82, 2.24) is 4.90 Å². The zero-order chi connectivity index (χ0) is 14.4. The Labute approximate surface area is 122 Å². The number of nitrogens with two attached hydrogens (primary N) is 1. The van der Waals surface area contributed by atoms with Crippen molar-refractivity contribution >= 4 is 0 Å². The van der Waals surface area contributed by atoms with Crippen molar-refractivity contribution in [3.63, 3.8) is 0 Å². The predicted octanol–water partition coefficient (Wildman–Crippen LogP) is 2.90. The summed E-state index contributed by atoms with van der Waals surface area (Å²) in [7, 11) is 0. The summed E-state index contributed by atoms with van der Waals surface area (Å²) in [4.78, 5) is 2.55. The van der Waals surface area contributed by atoms with Gasteiger partial charge in [0.2, 0.25) is 0 Å². The fraction of sp³-hybridized carbons (Fsp3) is 0.588. The smallest absolute Gasteiger partial charge is 0.0991 e. The Morgan fingerprint density at radius 2 is 1.95 bits per heavy atom. The van der Waals surface area contributed by atoms with Gasteiger partial charge in [0, 0.05) is 12.6 Å². The minimum absolute atomic E-state index is 0.620. The second-order valence-electron chi connectivity index (χ2n) is 5.72. The largest absolute Gasteiger partial charge is 0.330 e. The molecule has 3 nitrogen and oxygen atoms in total. The first-order valence-electron chi connectivity index (χ1n) is 7.71. The summed E-state index contributed by atoms with van der Waals surface area (Å²) in [5.41, 5.74) is 7.97. The van der Waals surface area contributed by atoms with Gasteiger partial charge in [-0.05, 0) is 49.5 Å². The standard InChI is InChI=1S/C17H25N3/c1-2-20(17-6-4-3-5-16(17)12-19)13-15-9-7-14(11-18)8-10-15/h7-10,16-17H,2-6,12-13,19H2,1H3. The van der Waals surface area contributed by atoms with Gasteiger partial charge in [0.05, 0.1) is 11.6 Å². The highest BCUT2D eigenvalue weighted by Gasteiger charge is 2.28. The molecule has 20 heavy (non-hydrogen) atoms. The highest BCUT2D eigenvalue weighted by Crippen LogP contribution is 2.28. The number of nitrogens with zero attached hydrogens (tertiary/aromatic N) is 2. The van der Waals surface area contributed by atoms with Gasteiger partial charge in [-0.25, -0.2) is 0 Å². The summed E-state index contributed by atoms with van der Waals surface area (Å²) in [6.07, 6.45) is 5.19. The minimum atomic E-state index is 0.620. The molecular weight excluding hydrogens is 246 g/mol. The van der Waals surface area contributed by atoms with Crippen LogP contribution in [-0.4, -0.2) is 24.0 Å². The van der Waals surface area contributed by atoms with Crippen molar-refractivity contribution < 1.29 is 0 Å². The zero-order valence-corrected chi connectivity index (χ0v) is 12.4. The Bertz CT molecular complexity index is 446. The zero-order valence-electron chi connectivity index (χ0n) is 12.4. The number of benzene rings is 1. The van der Waals surface area contributed by atoms with Gasteiger partial charge in [-0.2, -0.15) is 5.26 Å². The van der Waals surface area contributed by atoms with E-state index >= 15 is 0 Å². The average molecular weight is 271 g/mol. The Kier molecular flexibility index (Phi) is 5.58. The van der Waals surface area contributed by atoms with Gasteiger partial charge in [0.15, 0.2) is 0 Å². The summed E-state index contributed by atoms with van der Waals surface area (Å²) in [5.74, 6) is 0.641. The lowest BCUT2D eigenvalue weighted by molar-refractivity contribution is 0.105. The lowest BCUT2D eigenvalue weighted by atomic mass is 9.83. The molecule has 0 heterocycles. The van der Waals surface area contributed by atoms with Crippen LogP contribution in [0.5, 0.6) is 0 Å². The molecule has 1 aliphatic carbocycles. The van der Waals surface area contributed by atoms with E-state index in [-0.39, 0.29) is 0 Å². The first-order valence-corrected chi connectivity index (χ1v) is 7.71. The Balaban J connectivity index is 2.05. The van der Waals surface area contributed by atoms with Gasteiger partial charge in [-0.15, -0.1) is 0 Å². The molecule has 1 fully saturated rings. The first kappa shape index (κ1) is 15.0. The summed E-state index contributed by atoms with van der Waals surface area (Å²) >= 11 is 0. The van der Waals surface area contributed by atoms with E-state index in [0.717, 1.165) is 25.2 Å². The monoisotopic (exact) mass is 271 g/mol. The van der Waals surface area contributed by atoms with Gasteiger partial charge >= 0.3 is 0 Å². The van der Waals surface area contributed by atoms with E-state index in [9.17, 15) is 0 Å². The van der Waals surface area contributed by atoms with Crippen molar-refractivity contribution in [1.29, 1.82) is 5.26 Å². The molecule has 2 rings (SSSR count). The Morgan fingerprint density at radius 1 is 1.25 bits per heavy atom. The molecule has 0 spiro atoms. The Hall–Kier alpha value is -1.37. The van der Waals surface area contributed by atoms with Crippen molar-refractivity contribution in [2.24, 2.45) is 11.7 Å². The van der Waals surface area contributed by atoms with Crippen LogP contribution in [0.2, 0.25) is 0 Å². The molecule has 1 aromatic carbocycles. The molecule has 0 radical (unpaired) electrons. The highest BCUT2D eigenvalue weighted by atomic mass is 15.2. The van der Waals surface area contributed by atoms with Crippen LogP contribution >= 0.6 is 0 Å². The third kappa shape index (κ3) is 3.59. The molecule has 108 valence electrons. The second kappa shape index (κ2) is 7.42.